The lowest BCUT2D eigenvalue weighted by atomic mass is 10.3. The van der Waals surface area contributed by atoms with Crippen molar-refractivity contribution in [1.82, 2.24) is 4.90 Å². The van der Waals surface area contributed by atoms with Crippen LogP contribution in [0.1, 0.15) is 33.6 Å². The molecule has 1 nitrogen and oxygen atoms in total. The Hall–Kier alpha value is -0.0100. The minimum Gasteiger partial charge on any atom is -0.300 e. The fraction of sp³-hybridized carbons (Fsp3) is 0.800. The highest BCUT2D eigenvalue weighted by molar-refractivity contribution is 5.85. The Labute approximate surface area is 83.2 Å². The van der Waals surface area contributed by atoms with Crippen molar-refractivity contribution in [3.63, 3.8) is 0 Å². The van der Waals surface area contributed by atoms with E-state index in [1.807, 2.05) is 0 Å². The number of halogens is 1. The smallest absolute Gasteiger partial charge is 0.0163 e. The molecule has 0 fully saturated rings. The van der Waals surface area contributed by atoms with Crippen LogP contribution in [0.25, 0.3) is 0 Å². The fourth-order valence-corrected chi connectivity index (χ4v) is 1.18. The topological polar surface area (TPSA) is 3.24 Å². The van der Waals surface area contributed by atoms with Crippen molar-refractivity contribution in [3.8, 4) is 0 Å². The third-order valence-corrected chi connectivity index (χ3v) is 1.68. The second-order valence-electron chi connectivity index (χ2n) is 2.87. The summed E-state index contributed by atoms with van der Waals surface area (Å²) >= 11 is 0. The Morgan fingerprint density at radius 2 is 1.58 bits per heavy atom. The minimum atomic E-state index is 0. The van der Waals surface area contributed by atoms with Crippen LogP contribution in [0.5, 0.6) is 0 Å². The molecule has 0 bridgehead atoms. The van der Waals surface area contributed by atoms with Gasteiger partial charge in [0, 0.05) is 6.54 Å². The largest absolute Gasteiger partial charge is 0.300 e. The standard InChI is InChI=1S/C10H21N.ClH/c1-4-7-10-11(8-5-2)9-6-3;/h4,7H,5-6,8-10H2,1-3H3;1H. The van der Waals surface area contributed by atoms with Crippen LogP contribution in [-0.2, 0) is 0 Å². The van der Waals surface area contributed by atoms with E-state index in [0.717, 1.165) is 6.54 Å². The van der Waals surface area contributed by atoms with Crippen molar-refractivity contribution in [2.45, 2.75) is 33.6 Å². The van der Waals surface area contributed by atoms with Gasteiger partial charge in [0.1, 0.15) is 0 Å². The normalized spacial score (nSPS) is 10.7. The molecule has 0 radical (unpaired) electrons. The van der Waals surface area contributed by atoms with Crippen LogP contribution in [0.4, 0.5) is 0 Å². The number of nitrogens with zero attached hydrogens (tertiary/aromatic N) is 1. The molecule has 0 saturated carbocycles. The average molecular weight is 192 g/mol. The lowest BCUT2D eigenvalue weighted by molar-refractivity contribution is 0.303. The minimum absolute atomic E-state index is 0. The molecule has 0 aromatic carbocycles. The zero-order chi connectivity index (χ0) is 8.53. The molecule has 0 aliphatic heterocycles. The molecule has 0 aliphatic rings. The van der Waals surface area contributed by atoms with Crippen molar-refractivity contribution in [1.29, 1.82) is 0 Å². The van der Waals surface area contributed by atoms with E-state index in [0.29, 0.717) is 0 Å². The molecular formula is C10H22ClN. The molecule has 0 N–H and O–H groups in total. The van der Waals surface area contributed by atoms with E-state index >= 15 is 0 Å². The van der Waals surface area contributed by atoms with Crippen LogP contribution in [0.3, 0.4) is 0 Å². The van der Waals surface area contributed by atoms with Crippen molar-refractivity contribution in [2.24, 2.45) is 0 Å². The molecular weight excluding hydrogens is 170 g/mol. The van der Waals surface area contributed by atoms with Crippen LogP contribution in [0.15, 0.2) is 12.2 Å². The van der Waals surface area contributed by atoms with Crippen molar-refractivity contribution >= 4 is 12.4 Å². The third-order valence-electron chi connectivity index (χ3n) is 1.68. The zero-order valence-electron chi connectivity index (χ0n) is 8.55. The Bertz CT molecular complexity index is 96.0. The first-order chi connectivity index (χ1) is 5.35. The van der Waals surface area contributed by atoms with Crippen molar-refractivity contribution in [2.75, 3.05) is 19.6 Å². The third kappa shape index (κ3) is 8.09. The highest BCUT2D eigenvalue weighted by Gasteiger charge is 1.97. The van der Waals surface area contributed by atoms with E-state index in [-0.39, 0.29) is 12.4 Å². The molecule has 0 aliphatic carbocycles. The van der Waals surface area contributed by atoms with Gasteiger partial charge >= 0.3 is 0 Å². The quantitative estimate of drug-likeness (QED) is 0.584. The molecule has 0 aromatic rings. The number of rotatable bonds is 6. The molecule has 0 unspecified atom stereocenters. The molecule has 0 saturated heterocycles. The summed E-state index contributed by atoms with van der Waals surface area (Å²) in [4.78, 5) is 2.49. The average Bonchev–Trinajstić information content (AvgIpc) is 2.01. The van der Waals surface area contributed by atoms with Crippen LogP contribution in [-0.4, -0.2) is 24.5 Å². The van der Waals surface area contributed by atoms with Gasteiger partial charge in [-0.1, -0.05) is 26.0 Å². The molecule has 0 heterocycles. The number of hydrogen-bond acceptors (Lipinski definition) is 1. The van der Waals surface area contributed by atoms with E-state index in [9.17, 15) is 0 Å². The molecule has 0 aromatic heterocycles. The molecule has 0 atom stereocenters. The molecule has 2 heteroatoms. The van der Waals surface area contributed by atoms with Gasteiger partial charge < -0.3 is 0 Å². The lowest BCUT2D eigenvalue weighted by Gasteiger charge is -2.18. The van der Waals surface area contributed by atoms with Gasteiger partial charge in [-0.15, -0.1) is 12.4 Å². The van der Waals surface area contributed by atoms with Gasteiger partial charge in [-0.3, -0.25) is 4.90 Å². The van der Waals surface area contributed by atoms with Crippen molar-refractivity contribution < 1.29 is 0 Å². The van der Waals surface area contributed by atoms with Crippen LogP contribution < -0.4 is 0 Å². The van der Waals surface area contributed by atoms with Crippen LogP contribution in [0, 0.1) is 0 Å². The molecule has 0 spiro atoms. The van der Waals surface area contributed by atoms with Gasteiger partial charge in [0.15, 0.2) is 0 Å². The Morgan fingerprint density at radius 1 is 1.08 bits per heavy atom. The molecule has 0 rings (SSSR count). The maximum Gasteiger partial charge on any atom is 0.0163 e. The summed E-state index contributed by atoms with van der Waals surface area (Å²) in [5.74, 6) is 0. The summed E-state index contributed by atoms with van der Waals surface area (Å²) in [6.45, 7) is 10.1. The Balaban J connectivity index is 0. The fourth-order valence-electron chi connectivity index (χ4n) is 1.18. The summed E-state index contributed by atoms with van der Waals surface area (Å²) in [6.07, 6.45) is 6.87. The Kier molecular flexibility index (Phi) is 13.3. The maximum atomic E-state index is 2.49. The molecule has 74 valence electrons. The van der Waals surface area contributed by atoms with E-state index in [2.05, 4.69) is 37.8 Å². The number of allylic oxidation sites excluding steroid dienone is 1. The predicted molar refractivity (Wildman–Crippen MR) is 59.1 cm³/mol. The SMILES string of the molecule is CC=CCN(CCC)CCC.Cl. The summed E-state index contributed by atoms with van der Waals surface area (Å²) in [7, 11) is 0. The maximum absolute atomic E-state index is 2.49. The molecule has 12 heavy (non-hydrogen) atoms. The number of hydrogen-bond donors (Lipinski definition) is 0. The second kappa shape index (κ2) is 11.0. The highest BCUT2D eigenvalue weighted by Crippen LogP contribution is 1.93. The predicted octanol–water partition coefficient (Wildman–Crippen LogP) is 3.11. The van der Waals surface area contributed by atoms with E-state index in [1.54, 1.807) is 0 Å². The van der Waals surface area contributed by atoms with Gasteiger partial charge in [0.25, 0.3) is 0 Å². The highest BCUT2D eigenvalue weighted by atomic mass is 35.5. The van der Waals surface area contributed by atoms with Gasteiger partial charge in [-0.2, -0.15) is 0 Å². The summed E-state index contributed by atoms with van der Waals surface area (Å²) in [5.41, 5.74) is 0. The van der Waals surface area contributed by atoms with E-state index in [1.165, 1.54) is 25.9 Å². The first kappa shape index (κ1) is 14.5. The van der Waals surface area contributed by atoms with Gasteiger partial charge in [-0.25, -0.2) is 0 Å². The lowest BCUT2D eigenvalue weighted by Crippen LogP contribution is -2.25. The summed E-state index contributed by atoms with van der Waals surface area (Å²) in [5, 5.41) is 0. The second-order valence-corrected chi connectivity index (χ2v) is 2.87. The zero-order valence-corrected chi connectivity index (χ0v) is 9.36. The Morgan fingerprint density at radius 3 is 1.92 bits per heavy atom. The monoisotopic (exact) mass is 191 g/mol. The first-order valence-corrected chi connectivity index (χ1v) is 4.68. The summed E-state index contributed by atoms with van der Waals surface area (Å²) < 4.78 is 0. The van der Waals surface area contributed by atoms with Gasteiger partial charge in [0.2, 0.25) is 0 Å². The van der Waals surface area contributed by atoms with E-state index in [4.69, 9.17) is 0 Å². The first-order valence-electron chi connectivity index (χ1n) is 4.68. The van der Waals surface area contributed by atoms with E-state index < -0.39 is 0 Å². The summed E-state index contributed by atoms with van der Waals surface area (Å²) in [6, 6.07) is 0. The van der Waals surface area contributed by atoms with Crippen LogP contribution in [0.2, 0.25) is 0 Å². The molecule has 0 amide bonds. The van der Waals surface area contributed by atoms with Crippen molar-refractivity contribution in [3.05, 3.63) is 12.2 Å². The van der Waals surface area contributed by atoms with Gasteiger partial charge in [0.05, 0.1) is 0 Å². The van der Waals surface area contributed by atoms with Gasteiger partial charge in [-0.05, 0) is 32.9 Å². The van der Waals surface area contributed by atoms with Crippen LogP contribution >= 0.6 is 12.4 Å².